The molecule has 38 heavy (non-hydrogen) atoms. The van der Waals surface area contributed by atoms with Gasteiger partial charge in [-0.1, -0.05) is 102 Å². The summed E-state index contributed by atoms with van der Waals surface area (Å²) >= 11 is 19.3. The number of imide groups is 1. The number of benzene rings is 4. The van der Waals surface area contributed by atoms with Gasteiger partial charge in [0.1, 0.15) is 0 Å². The molecule has 0 unspecified atom stereocenters. The molecule has 0 aromatic heterocycles. The lowest BCUT2D eigenvalue weighted by Gasteiger charge is -2.52. The summed E-state index contributed by atoms with van der Waals surface area (Å²) in [4.78, 5) is 34.7. The van der Waals surface area contributed by atoms with Crippen molar-refractivity contribution in [3.05, 3.63) is 128 Å². The van der Waals surface area contributed by atoms with Crippen LogP contribution in [0, 0.1) is 11.8 Å². The number of nitrogens with zero attached hydrogens (tertiary/aromatic N) is 2. The number of amides is 2. The van der Waals surface area contributed by atoms with Crippen molar-refractivity contribution in [3.8, 4) is 0 Å². The zero-order valence-electron chi connectivity index (χ0n) is 19.8. The van der Waals surface area contributed by atoms with Gasteiger partial charge in [0, 0.05) is 12.1 Å². The van der Waals surface area contributed by atoms with E-state index < -0.39 is 17.3 Å². The summed E-state index contributed by atoms with van der Waals surface area (Å²) in [5, 5.41) is 1.07. The van der Waals surface area contributed by atoms with E-state index in [1.807, 2.05) is 36.4 Å². The smallest absolute Gasteiger partial charge is 0.239 e. The highest BCUT2D eigenvalue weighted by Crippen LogP contribution is 2.64. The highest BCUT2D eigenvalue weighted by molar-refractivity contribution is 6.43. The van der Waals surface area contributed by atoms with Crippen LogP contribution in [0.2, 0.25) is 15.1 Å². The second kappa shape index (κ2) is 8.54. The van der Waals surface area contributed by atoms with Gasteiger partial charge in [-0.2, -0.15) is 0 Å². The van der Waals surface area contributed by atoms with Crippen molar-refractivity contribution in [2.24, 2.45) is 16.8 Å². The Balaban J connectivity index is 1.53. The maximum absolute atomic E-state index is 14.4. The van der Waals surface area contributed by atoms with Gasteiger partial charge in [0.2, 0.25) is 11.8 Å². The van der Waals surface area contributed by atoms with Crippen LogP contribution in [0.3, 0.4) is 0 Å². The molecule has 186 valence electrons. The summed E-state index contributed by atoms with van der Waals surface area (Å²) in [5.41, 5.74) is 3.88. The molecular weight excluding hydrogens is 539 g/mol. The molecule has 0 spiro atoms. The van der Waals surface area contributed by atoms with Gasteiger partial charge < -0.3 is 0 Å². The summed E-state index contributed by atoms with van der Waals surface area (Å²) in [7, 11) is 0. The van der Waals surface area contributed by atoms with Crippen LogP contribution in [0.1, 0.15) is 28.2 Å². The molecule has 2 bridgehead atoms. The maximum atomic E-state index is 14.4. The normalized spacial score (nSPS) is 25.0. The molecule has 8 rings (SSSR count). The largest absolute Gasteiger partial charge is 0.274 e. The Morgan fingerprint density at radius 3 is 2.00 bits per heavy atom. The minimum absolute atomic E-state index is 0.249. The fourth-order valence-corrected chi connectivity index (χ4v) is 7.25. The van der Waals surface area contributed by atoms with Gasteiger partial charge in [0.05, 0.1) is 43.7 Å². The van der Waals surface area contributed by atoms with Gasteiger partial charge >= 0.3 is 0 Å². The van der Waals surface area contributed by atoms with Crippen LogP contribution in [0.5, 0.6) is 0 Å². The van der Waals surface area contributed by atoms with Crippen LogP contribution < -0.4 is 4.90 Å². The average molecular weight is 558 g/mol. The fourth-order valence-electron chi connectivity index (χ4n) is 6.68. The zero-order valence-corrected chi connectivity index (χ0v) is 22.1. The number of rotatable bonds is 3. The highest BCUT2D eigenvalue weighted by Gasteiger charge is 2.68. The number of hydrogen-bond donors (Lipinski definition) is 0. The van der Waals surface area contributed by atoms with Crippen molar-refractivity contribution >= 4 is 64.2 Å². The molecule has 4 nitrogen and oxygen atoms in total. The van der Waals surface area contributed by atoms with E-state index in [1.54, 1.807) is 48.7 Å². The van der Waals surface area contributed by atoms with Gasteiger partial charge in [-0.25, -0.2) is 4.90 Å². The Kier molecular flexibility index (Phi) is 5.31. The fraction of sp³-hybridized carbons (Fsp3) is 0.129. The Labute approximate surface area is 234 Å². The van der Waals surface area contributed by atoms with Gasteiger partial charge in [-0.05, 0) is 46.5 Å². The Bertz CT molecular complexity index is 1650. The molecule has 1 saturated heterocycles. The van der Waals surface area contributed by atoms with Gasteiger partial charge in [-0.15, -0.1) is 0 Å². The second-order valence-corrected chi connectivity index (χ2v) is 11.0. The summed E-state index contributed by atoms with van der Waals surface area (Å²) < 4.78 is 0. The number of carbonyl (C=O) groups is 2. The molecule has 7 heteroatoms. The standard InChI is InChI=1S/C31H19Cl3N2O2/c32-21-12-5-6-15-24(21)36-29(37)26-25-17-8-1-3-10-19(17)31(27(26)30(36)38,20-11-4-2-9-18(20)25)16-35-23-14-7-13-22(33)28(23)34/h1-16,25-27H/t25?,26-,27-,31?/m0/s1. The third-order valence-electron chi connectivity index (χ3n) is 8.12. The first-order chi connectivity index (χ1) is 18.4. The Morgan fingerprint density at radius 2 is 1.32 bits per heavy atom. The lowest BCUT2D eigenvalue weighted by atomic mass is 9.47. The minimum atomic E-state index is -0.999. The Hall–Kier alpha value is -3.44. The molecule has 2 atom stereocenters. The summed E-state index contributed by atoms with van der Waals surface area (Å²) in [6, 6.07) is 28.3. The molecule has 4 aliphatic rings. The molecule has 4 aromatic rings. The van der Waals surface area contributed by atoms with Gasteiger partial charge in [0.25, 0.3) is 0 Å². The monoisotopic (exact) mass is 556 g/mol. The molecule has 0 radical (unpaired) electrons. The molecule has 1 fully saturated rings. The SMILES string of the molecule is O=C1[C@@H]2[C@@H](C(=O)N1c1ccccc1Cl)C1c3ccccc3C2(C=Nc2cccc(Cl)c2Cl)c2ccccc21. The van der Waals surface area contributed by atoms with Crippen molar-refractivity contribution in [3.63, 3.8) is 0 Å². The summed E-state index contributed by atoms with van der Waals surface area (Å²) in [6.45, 7) is 0. The minimum Gasteiger partial charge on any atom is -0.274 e. The van der Waals surface area contributed by atoms with Crippen LogP contribution in [0.15, 0.2) is 96.0 Å². The van der Waals surface area contributed by atoms with Crippen molar-refractivity contribution in [1.29, 1.82) is 0 Å². The first kappa shape index (κ1) is 23.7. The predicted octanol–water partition coefficient (Wildman–Crippen LogP) is 7.60. The average Bonchev–Trinajstić information content (AvgIpc) is 3.20. The second-order valence-electron chi connectivity index (χ2n) is 9.82. The van der Waals surface area contributed by atoms with Crippen LogP contribution in [-0.4, -0.2) is 18.0 Å². The molecule has 2 amide bonds. The quantitative estimate of drug-likeness (QED) is 0.192. The van der Waals surface area contributed by atoms with E-state index in [1.165, 1.54) is 4.90 Å². The van der Waals surface area contributed by atoms with Crippen molar-refractivity contribution in [2.45, 2.75) is 11.3 Å². The van der Waals surface area contributed by atoms with Gasteiger partial charge in [0.15, 0.2) is 0 Å². The third-order valence-corrected chi connectivity index (χ3v) is 9.24. The summed E-state index contributed by atoms with van der Waals surface area (Å²) in [5.74, 6) is -2.11. The molecule has 1 aliphatic heterocycles. The highest BCUT2D eigenvalue weighted by atomic mass is 35.5. The number of para-hydroxylation sites is 1. The van der Waals surface area contributed by atoms with Crippen LogP contribution in [0.25, 0.3) is 0 Å². The predicted molar refractivity (Wildman–Crippen MR) is 151 cm³/mol. The number of anilines is 1. The molecular formula is C31H19Cl3N2O2. The molecule has 4 aromatic carbocycles. The van der Waals surface area contributed by atoms with E-state index in [9.17, 15) is 9.59 Å². The summed E-state index contributed by atoms with van der Waals surface area (Å²) in [6.07, 6.45) is 1.80. The van der Waals surface area contributed by atoms with Crippen LogP contribution in [-0.2, 0) is 15.0 Å². The van der Waals surface area contributed by atoms with E-state index in [4.69, 9.17) is 39.8 Å². The number of halogens is 3. The third kappa shape index (κ3) is 3.02. The first-order valence-corrected chi connectivity index (χ1v) is 13.4. The molecule has 0 saturated carbocycles. The van der Waals surface area contributed by atoms with Crippen LogP contribution in [0.4, 0.5) is 11.4 Å². The first-order valence-electron chi connectivity index (χ1n) is 12.3. The zero-order chi connectivity index (χ0) is 26.2. The molecule has 1 heterocycles. The number of hydrogen-bond acceptors (Lipinski definition) is 3. The lowest BCUT2D eigenvalue weighted by Crippen LogP contribution is -2.54. The van der Waals surface area contributed by atoms with E-state index in [-0.39, 0.29) is 17.7 Å². The number of aliphatic imine (C=N–C) groups is 1. The molecule has 0 N–H and O–H groups in total. The van der Waals surface area contributed by atoms with Crippen molar-refractivity contribution in [2.75, 3.05) is 4.90 Å². The van der Waals surface area contributed by atoms with E-state index in [2.05, 4.69) is 12.1 Å². The van der Waals surface area contributed by atoms with E-state index in [0.29, 0.717) is 26.4 Å². The Morgan fingerprint density at radius 1 is 0.711 bits per heavy atom. The van der Waals surface area contributed by atoms with Crippen molar-refractivity contribution < 1.29 is 9.59 Å². The maximum Gasteiger partial charge on any atom is 0.239 e. The van der Waals surface area contributed by atoms with Crippen LogP contribution >= 0.6 is 34.8 Å². The molecule has 3 aliphatic carbocycles. The van der Waals surface area contributed by atoms with E-state index in [0.717, 1.165) is 22.3 Å². The van der Waals surface area contributed by atoms with Crippen molar-refractivity contribution in [1.82, 2.24) is 0 Å². The topological polar surface area (TPSA) is 49.7 Å². The van der Waals surface area contributed by atoms with E-state index >= 15 is 0 Å². The van der Waals surface area contributed by atoms with Gasteiger partial charge in [-0.3, -0.25) is 14.6 Å². The number of carbonyl (C=O) groups excluding carboxylic acids is 2. The lowest BCUT2D eigenvalue weighted by molar-refractivity contribution is -0.122.